The van der Waals surface area contributed by atoms with E-state index < -0.39 is 12.1 Å². The van der Waals surface area contributed by atoms with Crippen LogP contribution in [0.2, 0.25) is 5.02 Å². The molecule has 120 valence electrons. The van der Waals surface area contributed by atoms with Crippen molar-refractivity contribution in [2.45, 2.75) is 12.1 Å². The molecule has 1 atom stereocenters. The third kappa shape index (κ3) is 2.72. The highest BCUT2D eigenvalue weighted by atomic mass is 35.5. The van der Waals surface area contributed by atoms with Crippen molar-refractivity contribution in [3.05, 3.63) is 107 Å². The summed E-state index contributed by atoms with van der Waals surface area (Å²) >= 11 is 5.95. The van der Waals surface area contributed by atoms with Gasteiger partial charge in [-0.2, -0.15) is 9.78 Å². The van der Waals surface area contributed by atoms with E-state index >= 15 is 0 Å². The zero-order valence-electron chi connectivity index (χ0n) is 12.8. The van der Waals surface area contributed by atoms with Gasteiger partial charge in [-0.15, -0.1) is 0 Å². The molecule has 0 N–H and O–H groups in total. The highest BCUT2D eigenvalue weighted by Crippen LogP contribution is 2.45. The number of benzene rings is 3. The Balaban J connectivity index is 1.75. The van der Waals surface area contributed by atoms with Crippen LogP contribution >= 0.6 is 11.6 Å². The molecule has 1 fully saturated rings. The summed E-state index contributed by atoms with van der Waals surface area (Å²) in [6.45, 7) is 0. The highest BCUT2D eigenvalue weighted by molar-refractivity contribution is 6.30. The predicted octanol–water partition coefficient (Wildman–Crippen LogP) is 5.22. The van der Waals surface area contributed by atoms with E-state index in [0.29, 0.717) is 5.02 Å². The summed E-state index contributed by atoms with van der Waals surface area (Å²) in [6.07, 6.45) is -0.636. The fraction of sp³-hybridized carbons (Fsp3) is 0.100. The molecule has 0 aliphatic carbocycles. The summed E-state index contributed by atoms with van der Waals surface area (Å²) in [5, 5.41) is 0.662. The van der Waals surface area contributed by atoms with Gasteiger partial charge in [0.1, 0.15) is 0 Å². The number of halogens is 1. The van der Waals surface area contributed by atoms with Crippen LogP contribution in [0, 0.1) is 0 Å². The maximum Gasteiger partial charge on any atom is 0.256 e. The van der Waals surface area contributed by atoms with E-state index in [1.807, 2.05) is 72.8 Å². The number of hydrogen-bond donors (Lipinski definition) is 0. The minimum Gasteiger partial charge on any atom is -0.303 e. The summed E-state index contributed by atoms with van der Waals surface area (Å²) < 4.78 is 6.26. The third-order valence-corrected chi connectivity index (χ3v) is 4.23. The zero-order valence-corrected chi connectivity index (χ0v) is 13.5. The third-order valence-electron chi connectivity index (χ3n) is 3.98. The molecular formula is C20H15ClO3. The zero-order chi connectivity index (χ0) is 16.4. The first kappa shape index (κ1) is 15.4. The maximum atomic E-state index is 6.26. The van der Waals surface area contributed by atoms with Crippen LogP contribution in [0.15, 0.2) is 84.9 Å². The van der Waals surface area contributed by atoms with Crippen molar-refractivity contribution >= 4 is 11.6 Å². The van der Waals surface area contributed by atoms with E-state index in [1.54, 1.807) is 12.1 Å². The van der Waals surface area contributed by atoms with Crippen LogP contribution in [0.5, 0.6) is 0 Å². The van der Waals surface area contributed by atoms with Crippen molar-refractivity contribution < 1.29 is 14.5 Å². The van der Waals surface area contributed by atoms with Crippen LogP contribution in [0.4, 0.5) is 0 Å². The van der Waals surface area contributed by atoms with E-state index in [9.17, 15) is 0 Å². The van der Waals surface area contributed by atoms with Gasteiger partial charge in [0.25, 0.3) is 5.79 Å². The fourth-order valence-electron chi connectivity index (χ4n) is 2.76. The van der Waals surface area contributed by atoms with Gasteiger partial charge < -0.3 is 4.74 Å². The molecule has 24 heavy (non-hydrogen) atoms. The van der Waals surface area contributed by atoms with Crippen LogP contribution in [-0.4, -0.2) is 0 Å². The van der Waals surface area contributed by atoms with Crippen molar-refractivity contribution in [2.24, 2.45) is 0 Å². The first-order chi connectivity index (χ1) is 11.8. The first-order valence-electron chi connectivity index (χ1n) is 7.67. The lowest BCUT2D eigenvalue weighted by Crippen LogP contribution is -2.28. The molecule has 0 aromatic heterocycles. The molecule has 1 heterocycles. The van der Waals surface area contributed by atoms with E-state index in [4.69, 9.17) is 26.1 Å². The summed E-state index contributed by atoms with van der Waals surface area (Å²) in [5.41, 5.74) is 2.58. The molecule has 4 rings (SSSR count). The number of ether oxygens (including phenoxy) is 1. The van der Waals surface area contributed by atoms with Crippen molar-refractivity contribution in [1.29, 1.82) is 0 Å². The minimum atomic E-state index is -1.10. The molecule has 3 aromatic carbocycles. The minimum absolute atomic E-state index is 0.636. The molecule has 0 spiro atoms. The lowest BCUT2D eigenvalue weighted by Gasteiger charge is -2.26. The average molecular weight is 339 g/mol. The van der Waals surface area contributed by atoms with Crippen molar-refractivity contribution in [2.75, 3.05) is 0 Å². The Labute approximate surface area is 145 Å². The molecule has 1 saturated heterocycles. The monoisotopic (exact) mass is 338 g/mol. The maximum absolute atomic E-state index is 6.26. The van der Waals surface area contributed by atoms with Gasteiger partial charge in [-0.3, -0.25) is 0 Å². The molecule has 1 unspecified atom stereocenters. The Hall–Kier alpha value is -2.17. The smallest absolute Gasteiger partial charge is 0.256 e. The fourth-order valence-corrected chi connectivity index (χ4v) is 2.89. The molecule has 0 bridgehead atoms. The normalized spacial score (nSPS) is 19.3. The largest absolute Gasteiger partial charge is 0.303 e. The van der Waals surface area contributed by atoms with Crippen LogP contribution in [-0.2, 0) is 20.3 Å². The summed E-state index contributed by atoms with van der Waals surface area (Å²) in [4.78, 5) is 11.3. The van der Waals surface area contributed by atoms with Crippen molar-refractivity contribution in [3.8, 4) is 0 Å². The average Bonchev–Trinajstić information content (AvgIpc) is 3.10. The Kier molecular flexibility index (Phi) is 4.08. The number of hydrogen-bond acceptors (Lipinski definition) is 3. The Morgan fingerprint density at radius 1 is 0.708 bits per heavy atom. The van der Waals surface area contributed by atoms with Gasteiger partial charge in [0, 0.05) is 21.7 Å². The van der Waals surface area contributed by atoms with Crippen LogP contribution in [0.1, 0.15) is 23.0 Å². The van der Waals surface area contributed by atoms with Crippen LogP contribution in [0.3, 0.4) is 0 Å². The van der Waals surface area contributed by atoms with Crippen molar-refractivity contribution in [3.63, 3.8) is 0 Å². The highest BCUT2D eigenvalue weighted by Gasteiger charge is 2.47. The molecule has 0 radical (unpaired) electrons. The summed E-state index contributed by atoms with van der Waals surface area (Å²) in [6, 6.07) is 26.9. The van der Waals surface area contributed by atoms with Gasteiger partial charge >= 0.3 is 0 Å². The topological polar surface area (TPSA) is 27.7 Å². The van der Waals surface area contributed by atoms with Gasteiger partial charge in [0.2, 0.25) is 6.29 Å². The Bertz CT molecular complexity index is 764. The lowest BCUT2D eigenvalue weighted by molar-refractivity contribution is -0.325. The molecule has 1 aliphatic heterocycles. The molecule has 0 amide bonds. The van der Waals surface area contributed by atoms with E-state index in [0.717, 1.165) is 16.7 Å². The second-order valence-electron chi connectivity index (χ2n) is 5.53. The van der Waals surface area contributed by atoms with Gasteiger partial charge in [-0.05, 0) is 12.1 Å². The lowest BCUT2D eigenvalue weighted by atomic mass is 9.97. The van der Waals surface area contributed by atoms with E-state index in [-0.39, 0.29) is 0 Å². The molecule has 0 saturated carbocycles. The predicted molar refractivity (Wildman–Crippen MR) is 91.1 cm³/mol. The molecule has 4 heteroatoms. The SMILES string of the molecule is Clc1ccc(C2OOC(c3ccccc3)(c3ccccc3)O2)cc1. The second-order valence-corrected chi connectivity index (χ2v) is 5.97. The number of rotatable bonds is 3. The Morgan fingerprint density at radius 3 is 1.79 bits per heavy atom. The summed E-state index contributed by atoms with van der Waals surface area (Å²) in [7, 11) is 0. The van der Waals surface area contributed by atoms with E-state index in [1.165, 1.54) is 0 Å². The first-order valence-corrected chi connectivity index (χ1v) is 8.04. The molecule has 3 aromatic rings. The standard InChI is InChI=1S/C20H15ClO3/c21-18-13-11-15(12-14-18)19-22-20(24-23-19,16-7-3-1-4-8-16)17-9-5-2-6-10-17/h1-14,19H. The van der Waals surface area contributed by atoms with Crippen molar-refractivity contribution in [1.82, 2.24) is 0 Å². The van der Waals surface area contributed by atoms with Crippen LogP contribution in [0.25, 0.3) is 0 Å². The van der Waals surface area contributed by atoms with Gasteiger partial charge in [-0.25, -0.2) is 0 Å². The molecule has 1 aliphatic rings. The van der Waals surface area contributed by atoms with Gasteiger partial charge in [0.15, 0.2) is 0 Å². The van der Waals surface area contributed by atoms with Gasteiger partial charge in [-0.1, -0.05) is 84.4 Å². The Morgan fingerprint density at radius 2 is 1.25 bits per heavy atom. The van der Waals surface area contributed by atoms with Gasteiger partial charge in [0.05, 0.1) is 0 Å². The van der Waals surface area contributed by atoms with E-state index in [2.05, 4.69) is 0 Å². The second kappa shape index (κ2) is 6.38. The molecular weight excluding hydrogens is 324 g/mol. The summed E-state index contributed by atoms with van der Waals surface area (Å²) in [5.74, 6) is -1.10. The quantitative estimate of drug-likeness (QED) is 0.613. The molecule has 3 nitrogen and oxygen atoms in total. The van der Waals surface area contributed by atoms with Crippen LogP contribution < -0.4 is 0 Å².